The van der Waals surface area contributed by atoms with Gasteiger partial charge in [0.2, 0.25) is 11.9 Å². The first-order valence-corrected chi connectivity index (χ1v) is 13.3. The monoisotopic (exact) mass is 543 g/mol. The van der Waals surface area contributed by atoms with Crippen molar-refractivity contribution < 1.29 is 9.59 Å². The van der Waals surface area contributed by atoms with Crippen molar-refractivity contribution in [3.63, 3.8) is 0 Å². The summed E-state index contributed by atoms with van der Waals surface area (Å²) in [6.07, 6.45) is 8.48. The predicted molar refractivity (Wildman–Crippen MR) is 155 cm³/mol. The molecule has 0 bridgehead atoms. The molecule has 3 heterocycles. The van der Waals surface area contributed by atoms with Crippen molar-refractivity contribution >= 4 is 46.0 Å². The third-order valence-corrected chi connectivity index (χ3v) is 6.90. The highest BCUT2D eigenvalue weighted by molar-refractivity contribution is 6.33. The summed E-state index contributed by atoms with van der Waals surface area (Å²) in [7, 11) is 1.81. The van der Waals surface area contributed by atoms with Gasteiger partial charge < -0.3 is 25.8 Å². The van der Waals surface area contributed by atoms with Gasteiger partial charge in [-0.2, -0.15) is 0 Å². The molecule has 1 unspecified atom stereocenters. The number of para-hydroxylation sites is 1. The molecule has 4 aromatic rings. The Morgan fingerprint density at radius 1 is 1.18 bits per heavy atom. The molecule has 0 radical (unpaired) electrons. The fraction of sp³-hybridized carbons (Fsp3) is 0.241. The van der Waals surface area contributed by atoms with E-state index in [4.69, 9.17) is 16.6 Å². The molecule has 1 aliphatic heterocycles. The number of nitrogens with zero attached hydrogens (tertiary/aromatic N) is 3. The number of amides is 2. The lowest BCUT2D eigenvalue weighted by Gasteiger charge is -2.33. The van der Waals surface area contributed by atoms with Crippen molar-refractivity contribution in [1.29, 1.82) is 0 Å². The SMILES string of the molecule is CNC/C=C/C(=O)Nc1ccc(C(=O)N2CCCC(Nc3ncc(Cl)c(-c4c[nH]c5ccccc45)n3)C2)cc1. The predicted octanol–water partition coefficient (Wildman–Crippen LogP) is 4.71. The van der Waals surface area contributed by atoms with Crippen LogP contribution in [-0.2, 0) is 4.79 Å². The number of H-pyrrole nitrogens is 1. The molecule has 1 saturated heterocycles. The quantitative estimate of drug-likeness (QED) is 0.239. The van der Waals surface area contributed by atoms with Crippen LogP contribution < -0.4 is 16.0 Å². The van der Waals surface area contributed by atoms with Gasteiger partial charge in [-0.05, 0) is 50.2 Å². The van der Waals surface area contributed by atoms with Crippen molar-refractivity contribution in [1.82, 2.24) is 25.2 Å². The summed E-state index contributed by atoms with van der Waals surface area (Å²) in [5, 5.41) is 10.7. The number of likely N-dealkylation sites (N-methyl/N-ethyl adjacent to an activating group) is 1. The maximum Gasteiger partial charge on any atom is 0.253 e. The van der Waals surface area contributed by atoms with Gasteiger partial charge in [0, 0.05) is 65.7 Å². The minimum absolute atomic E-state index is 0.00246. The molecule has 1 fully saturated rings. The van der Waals surface area contributed by atoms with Crippen LogP contribution in [0.15, 0.2) is 73.1 Å². The van der Waals surface area contributed by atoms with Gasteiger partial charge in [-0.3, -0.25) is 9.59 Å². The van der Waals surface area contributed by atoms with Crippen LogP contribution in [0.4, 0.5) is 11.6 Å². The van der Waals surface area contributed by atoms with Crippen LogP contribution in [0.5, 0.6) is 0 Å². The van der Waals surface area contributed by atoms with Crippen LogP contribution in [0.1, 0.15) is 23.2 Å². The van der Waals surface area contributed by atoms with E-state index in [0.717, 1.165) is 29.3 Å². The van der Waals surface area contributed by atoms with Gasteiger partial charge in [0.1, 0.15) is 0 Å². The third kappa shape index (κ3) is 6.27. The average Bonchev–Trinajstić information content (AvgIpc) is 3.38. The number of anilines is 2. The summed E-state index contributed by atoms with van der Waals surface area (Å²) in [4.78, 5) is 39.4. The normalized spacial score (nSPS) is 15.5. The highest BCUT2D eigenvalue weighted by atomic mass is 35.5. The fourth-order valence-electron chi connectivity index (χ4n) is 4.70. The summed E-state index contributed by atoms with van der Waals surface area (Å²) in [5.74, 6) is 0.208. The van der Waals surface area contributed by atoms with Gasteiger partial charge in [0.05, 0.1) is 16.9 Å². The van der Waals surface area contributed by atoms with Crippen molar-refractivity contribution in [3.8, 4) is 11.3 Å². The number of halogens is 1. The first-order chi connectivity index (χ1) is 19.0. The number of benzene rings is 2. The zero-order valence-electron chi connectivity index (χ0n) is 21.6. The van der Waals surface area contributed by atoms with Crippen LogP contribution in [0, 0.1) is 0 Å². The number of rotatable bonds is 8. The smallest absolute Gasteiger partial charge is 0.253 e. The largest absolute Gasteiger partial charge is 0.360 e. The van der Waals surface area contributed by atoms with E-state index in [1.54, 1.807) is 36.5 Å². The first kappa shape index (κ1) is 26.4. The number of hydrogen-bond donors (Lipinski definition) is 4. The summed E-state index contributed by atoms with van der Waals surface area (Å²) in [6, 6.07) is 15.0. The molecule has 10 heteroatoms. The number of aromatic amines is 1. The highest BCUT2D eigenvalue weighted by Crippen LogP contribution is 2.32. The van der Waals surface area contributed by atoms with E-state index >= 15 is 0 Å². The first-order valence-electron chi connectivity index (χ1n) is 12.9. The number of hydrogen-bond acceptors (Lipinski definition) is 6. The Bertz CT molecular complexity index is 1500. The zero-order chi connectivity index (χ0) is 27.2. The number of carbonyl (C=O) groups is 2. The molecule has 0 saturated carbocycles. The van der Waals surface area contributed by atoms with Crippen LogP contribution in [0.2, 0.25) is 5.02 Å². The summed E-state index contributed by atoms with van der Waals surface area (Å²) >= 11 is 6.48. The second-order valence-corrected chi connectivity index (χ2v) is 9.81. The average molecular weight is 544 g/mol. The maximum absolute atomic E-state index is 13.2. The molecule has 1 atom stereocenters. The van der Waals surface area contributed by atoms with Crippen molar-refractivity contribution in [2.45, 2.75) is 18.9 Å². The second-order valence-electron chi connectivity index (χ2n) is 9.40. The van der Waals surface area contributed by atoms with E-state index in [-0.39, 0.29) is 17.9 Å². The van der Waals surface area contributed by atoms with Gasteiger partial charge in [-0.15, -0.1) is 0 Å². The van der Waals surface area contributed by atoms with Crippen LogP contribution >= 0.6 is 11.6 Å². The minimum atomic E-state index is -0.216. The lowest BCUT2D eigenvalue weighted by atomic mass is 10.0. The molecule has 0 aliphatic carbocycles. The Balaban J connectivity index is 1.23. The molecular weight excluding hydrogens is 514 g/mol. The Labute approximate surface area is 231 Å². The number of likely N-dealkylation sites (tertiary alicyclic amines) is 1. The summed E-state index contributed by atoms with van der Waals surface area (Å²) in [6.45, 7) is 1.82. The number of fused-ring (bicyclic) bond motifs is 1. The van der Waals surface area contributed by atoms with Gasteiger partial charge in [-0.25, -0.2) is 9.97 Å². The standard InChI is InChI=1S/C29H30ClN7O2/c1-31-14-4-9-26(38)34-20-12-10-19(11-13-20)28(39)37-15-5-6-21(18-37)35-29-33-17-24(30)27(36-29)23-16-32-25-8-3-2-7-22(23)25/h2-4,7-13,16-17,21,31-32H,5-6,14-15,18H2,1H3,(H,34,38)(H,33,35,36)/b9-4+. The Kier molecular flexibility index (Phi) is 8.19. The van der Waals surface area contributed by atoms with Crippen LogP contribution in [-0.4, -0.2) is 64.4 Å². The van der Waals surface area contributed by atoms with Crippen molar-refractivity contribution in [2.24, 2.45) is 0 Å². The van der Waals surface area contributed by atoms with E-state index in [2.05, 4.69) is 25.9 Å². The molecular formula is C29H30ClN7O2. The van der Waals surface area contributed by atoms with E-state index in [9.17, 15) is 9.59 Å². The van der Waals surface area contributed by atoms with E-state index in [0.29, 0.717) is 47.6 Å². The molecule has 5 rings (SSSR count). The van der Waals surface area contributed by atoms with Gasteiger partial charge >= 0.3 is 0 Å². The molecule has 2 aromatic heterocycles. The number of aromatic nitrogens is 3. The van der Waals surface area contributed by atoms with Crippen molar-refractivity contribution in [2.75, 3.05) is 37.3 Å². The van der Waals surface area contributed by atoms with E-state index in [1.165, 1.54) is 6.08 Å². The third-order valence-electron chi connectivity index (χ3n) is 6.62. The number of nitrogens with one attached hydrogen (secondary N) is 4. The molecule has 9 nitrogen and oxygen atoms in total. The highest BCUT2D eigenvalue weighted by Gasteiger charge is 2.25. The lowest BCUT2D eigenvalue weighted by molar-refractivity contribution is -0.111. The van der Waals surface area contributed by atoms with Crippen LogP contribution in [0.25, 0.3) is 22.2 Å². The molecule has 1 aliphatic rings. The summed E-state index contributed by atoms with van der Waals surface area (Å²) in [5.41, 5.74) is 3.78. The Morgan fingerprint density at radius 2 is 2.00 bits per heavy atom. The Morgan fingerprint density at radius 3 is 2.82 bits per heavy atom. The summed E-state index contributed by atoms with van der Waals surface area (Å²) < 4.78 is 0. The fourth-order valence-corrected chi connectivity index (χ4v) is 4.89. The molecule has 200 valence electrons. The Hall–Kier alpha value is -4.21. The number of piperidine rings is 1. The molecule has 2 aromatic carbocycles. The van der Waals surface area contributed by atoms with E-state index < -0.39 is 0 Å². The van der Waals surface area contributed by atoms with E-state index in [1.807, 2.05) is 42.4 Å². The second kappa shape index (κ2) is 12.1. The van der Waals surface area contributed by atoms with Gasteiger partial charge in [-0.1, -0.05) is 35.9 Å². The zero-order valence-corrected chi connectivity index (χ0v) is 22.3. The van der Waals surface area contributed by atoms with Gasteiger partial charge in [0.15, 0.2) is 0 Å². The van der Waals surface area contributed by atoms with Crippen LogP contribution in [0.3, 0.4) is 0 Å². The molecule has 0 spiro atoms. The molecule has 2 amide bonds. The topological polar surface area (TPSA) is 115 Å². The molecule has 4 N–H and O–H groups in total. The lowest BCUT2D eigenvalue weighted by Crippen LogP contribution is -2.45. The maximum atomic E-state index is 13.2. The number of carbonyl (C=O) groups excluding carboxylic acids is 2. The van der Waals surface area contributed by atoms with Crippen molar-refractivity contribution in [3.05, 3.63) is 83.7 Å². The molecule has 39 heavy (non-hydrogen) atoms. The van der Waals surface area contributed by atoms with Gasteiger partial charge in [0.25, 0.3) is 5.91 Å². The minimum Gasteiger partial charge on any atom is -0.360 e.